The fraction of sp³-hybridized carbons (Fsp3) is 0.545. The first-order chi connectivity index (χ1) is 7.54. The van der Waals surface area contributed by atoms with Crippen LogP contribution in [-0.2, 0) is 4.79 Å². The highest BCUT2D eigenvalue weighted by molar-refractivity contribution is 5.83. The van der Waals surface area contributed by atoms with Gasteiger partial charge in [0.15, 0.2) is 0 Å². The summed E-state index contributed by atoms with van der Waals surface area (Å²) >= 11 is 0. The van der Waals surface area contributed by atoms with Crippen LogP contribution in [0.5, 0.6) is 0 Å². The Kier molecular flexibility index (Phi) is 4.22. The Morgan fingerprint density at radius 1 is 1.62 bits per heavy atom. The van der Waals surface area contributed by atoms with E-state index in [2.05, 4.69) is 15.3 Å². The Labute approximate surface area is 95.9 Å². The molecule has 16 heavy (non-hydrogen) atoms. The molecule has 0 saturated carbocycles. The molecular formula is C11H18N4O. The molecule has 0 bridgehead atoms. The lowest BCUT2D eigenvalue weighted by molar-refractivity contribution is -0.130. The van der Waals surface area contributed by atoms with Gasteiger partial charge in [0.25, 0.3) is 0 Å². The van der Waals surface area contributed by atoms with Crippen LogP contribution in [0.1, 0.15) is 19.5 Å². The van der Waals surface area contributed by atoms with Gasteiger partial charge in [0.2, 0.25) is 11.9 Å². The van der Waals surface area contributed by atoms with Gasteiger partial charge in [-0.2, -0.15) is 0 Å². The highest BCUT2D eigenvalue weighted by Gasteiger charge is 2.16. The minimum atomic E-state index is -0.313. The van der Waals surface area contributed by atoms with Crippen LogP contribution in [0.2, 0.25) is 0 Å². The zero-order valence-electron chi connectivity index (χ0n) is 10.2. The summed E-state index contributed by atoms with van der Waals surface area (Å²) in [5, 5.41) is 2.98. The van der Waals surface area contributed by atoms with Crippen molar-refractivity contribution in [2.45, 2.75) is 26.8 Å². The number of nitrogens with one attached hydrogen (secondary N) is 1. The summed E-state index contributed by atoms with van der Waals surface area (Å²) in [5.74, 6) is 0.526. The van der Waals surface area contributed by atoms with Gasteiger partial charge in [0, 0.05) is 25.5 Å². The van der Waals surface area contributed by atoms with E-state index < -0.39 is 0 Å². The van der Waals surface area contributed by atoms with Crippen LogP contribution in [0.15, 0.2) is 12.3 Å². The SMILES string of the molecule is CCN(C)C(=O)C(C)Nc1nccc(C)n1. The van der Waals surface area contributed by atoms with Gasteiger partial charge in [-0.15, -0.1) is 0 Å². The van der Waals surface area contributed by atoms with E-state index in [0.717, 1.165) is 5.69 Å². The molecule has 5 heteroatoms. The molecule has 0 radical (unpaired) electrons. The predicted octanol–water partition coefficient (Wildman–Crippen LogP) is 1.06. The molecule has 0 aliphatic rings. The molecule has 1 amide bonds. The molecule has 1 aromatic heterocycles. The number of nitrogens with zero attached hydrogens (tertiary/aromatic N) is 3. The van der Waals surface area contributed by atoms with Crippen LogP contribution in [0.25, 0.3) is 0 Å². The number of rotatable bonds is 4. The molecule has 1 N–H and O–H groups in total. The van der Waals surface area contributed by atoms with Crippen molar-refractivity contribution in [2.75, 3.05) is 18.9 Å². The predicted molar refractivity (Wildman–Crippen MR) is 63.2 cm³/mol. The summed E-state index contributed by atoms with van der Waals surface area (Å²) < 4.78 is 0. The average molecular weight is 222 g/mol. The van der Waals surface area contributed by atoms with Gasteiger partial charge in [0.05, 0.1) is 0 Å². The summed E-state index contributed by atoms with van der Waals surface area (Å²) in [6.45, 7) is 6.32. The minimum absolute atomic E-state index is 0.0348. The molecule has 0 aromatic carbocycles. The van der Waals surface area contributed by atoms with Crippen LogP contribution < -0.4 is 5.32 Å². The maximum atomic E-state index is 11.8. The number of carbonyl (C=O) groups excluding carboxylic acids is 1. The van der Waals surface area contributed by atoms with E-state index in [4.69, 9.17) is 0 Å². The van der Waals surface area contributed by atoms with E-state index in [9.17, 15) is 4.79 Å². The fourth-order valence-corrected chi connectivity index (χ4v) is 1.26. The first-order valence-corrected chi connectivity index (χ1v) is 5.35. The van der Waals surface area contributed by atoms with E-state index in [0.29, 0.717) is 12.5 Å². The maximum absolute atomic E-state index is 11.8. The molecule has 0 fully saturated rings. The number of hydrogen-bond acceptors (Lipinski definition) is 4. The maximum Gasteiger partial charge on any atom is 0.244 e. The molecule has 1 aromatic rings. The van der Waals surface area contributed by atoms with Crippen LogP contribution in [-0.4, -0.2) is 40.4 Å². The molecule has 88 valence electrons. The zero-order chi connectivity index (χ0) is 12.1. The van der Waals surface area contributed by atoms with Crippen LogP contribution in [0.4, 0.5) is 5.95 Å². The van der Waals surface area contributed by atoms with Gasteiger partial charge >= 0.3 is 0 Å². The van der Waals surface area contributed by atoms with Crippen LogP contribution >= 0.6 is 0 Å². The Bertz CT molecular complexity index is 367. The molecule has 1 atom stereocenters. The summed E-state index contributed by atoms with van der Waals surface area (Å²) in [4.78, 5) is 21.7. The van der Waals surface area contributed by atoms with Crippen molar-refractivity contribution in [3.8, 4) is 0 Å². The number of anilines is 1. The van der Waals surface area contributed by atoms with E-state index in [1.807, 2.05) is 19.9 Å². The smallest absolute Gasteiger partial charge is 0.244 e. The van der Waals surface area contributed by atoms with Crippen molar-refractivity contribution in [3.63, 3.8) is 0 Å². The molecule has 1 heterocycles. The minimum Gasteiger partial charge on any atom is -0.344 e. The van der Waals surface area contributed by atoms with E-state index in [-0.39, 0.29) is 11.9 Å². The monoisotopic (exact) mass is 222 g/mol. The second-order valence-corrected chi connectivity index (χ2v) is 3.74. The second kappa shape index (κ2) is 5.44. The van der Waals surface area contributed by atoms with Crippen LogP contribution in [0.3, 0.4) is 0 Å². The Hall–Kier alpha value is -1.65. The third-order valence-electron chi connectivity index (χ3n) is 2.36. The number of hydrogen-bond donors (Lipinski definition) is 1. The van der Waals surface area contributed by atoms with Crippen molar-refractivity contribution in [3.05, 3.63) is 18.0 Å². The van der Waals surface area contributed by atoms with Gasteiger partial charge < -0.3 is 10.2 Å². The van der Waals surface area contributed by atoms with Gasteiger partial charge in [0.1, 0.15) is 6.04 Å². The lowest BCUT2D eigenvalue weighted by Gasteiger charge is -2.20. The normalized spacial score (nSPS) is 12.0. The first-order valence-electron chi connectivity index (χ1n) is 5.35. The first kappa shape index (κ1) is 12.4. The highest BCUT2D eigenvalue weighted by atomic mass is 16.2. The van der Waals surface area contributed by atoms with Crippen LogP contribution in [0, 0.1) is 6.92 Å². The van der Waals surface area contributed by atoms with Crippen molar-refractivity contribution < 1.29 is 4.79 Å². The quantitative estimate of drug-likeness (QED) is 0.827. The number of likely N-dealkylation sites (N-methyl/N-ethyl adjacent to an activating group) is 1. The molecule has 0 spiro atoms. The fourth-order valence-electron chi connectivity index (χ4n) is 1.26. The van der Waals surface area contributed by atoms with Crippen molar-refractivity contribution in [1.29, 1.82) is 0 Å². The molecule has 1 unspecified atom stereocenters. The average Bonchev–Trinajstić information content (AvgIpc) is 2.27. The second-order valence-electron chi connectivity index (χ2n) is 3.74. The van der Waals surface area contributed by atoms with E-state index in [1.165, 1.54) is 0 Å². The molecular weight excluding hydrogens is 204 g/mol. The summed E-state index contributed by atoms with van der Waals surface area (Å²) in [6, 6.07) is 1.50. The molecule has 0 saturated heterocycles. The number of amides is 1. The van der Waals surface area contributed by atoms with Gasteiger partial charge in [-0.05, 0) is 26.8 Å². The van der Waals surface area contributed by atoms with Crippen molar-refractivity contribution in [1.82, 2.24) is 14.9 Å². The van der Waals surface area contributed by atoms with Gasteiger partial charge in [-0.25, -0.2) is 9.97 Å². The molecule has 0 aliphatic carbocycles. The van der Waals surface area contributed by atoms with E-state index >= 15 is 0 Å². The molecule has 5 nitrogen and oxygen atoms in total. The number of aromatic nitrogens is 2. The molecule has 1 rings (SSSR count). The number of carbonyl (C=O) groups is 1. The topological polar surface area (TPSA) is 58.1 Å². The summed E-state index contributed by atoms with van der Waals surface area (Å²) in [5.41, 5.74) is 0.876. The summed E-state index contributed by atoms with van der Waals surface area (Å²) in [6.07, 6.45) is 1.67. The van der Waals surface area contributed by atoms with Gasteiger partial charge in [-0.1, -0.05) is 0 Å². The van der Waals surface area contributed by atoms with Crippen molar-refractivity contribution in [2.24, 2.45) is 0 Å². The number of aryl methyl sites for hydroxylation is 1. The lowest BCUT2D eigenvalue weighted by atomic mass is 10.3. The highest BCUT2D eigenvalue weighted by Crippen LogP contribution is 2.03. The Balaban J connectivity index is 2.64. The Morgan fingerprint density at radius 2 is 2.31 bits per heavy atom. The van der Waals surface area contributed by atoms with Crippen molar-refractivity contribution >= 4 is 11.9 Å². The standard InChI is InChI=1S/C11H18N4O/c1-5-15(4)10(16)9(3)14-11-12-7-6-8(2)13-11/h6-7,9H,5H2,1-4H3,(H,12,13,14). The largest absolute Gasteiger partial charge is 0.344 e. The molecule has 0 aliphatic heterocycles. The third kappa shape index (κ3) is 3.18. The zero-order valence-corrected chi connectivity index (χ0v) is 10.2. The lowest BCUT2D eigenvalue weighted by Crippen LogP contribution is -2.39. The third-order valence-corrected chi connectivity index (χ3v) is 2.36. The van der Waals surface area contributed by atoms with E-state index in [1.54, 1.807) is 25.1 Å². The summed E-state index contributed by atoms with van der Waals surface area (Å²) in [7, 11) is 1.78. The van der Waals surface area contributed by atoms with Gasteiger partial charge in [-0.3, -0.25) is 4.79 Å². The Morgan fingerprint density at radius 3 is 2.88 bits per heavy atom.